The van der Waals surface area contributed by atoms with E-state index in [1.807, 2.05) is 30.3 Å². The maximum absolute atomic E-state index is 12.5. The molecule has 1 aliphatic heterocycles. The molecule has 1 aromatic rings. The highest BCUT2D eigenvalue weighted by molar-refractivity contribution is 5.18. The molecule has 0 aromatic heterocycles. The molecular formula is C14H19F2NO. The summed E-state index contributed by atoms with van der Waals surface area (Å²) in [7, 11) is 0. The second-order valence-corrected chi connectivity index (χ2v) is 4.96. The maximum atomic E-state index is 12.5. The second-order valence-electron chi connectivity index (χ2n) is 4.96. The minimum atomic E-state index is -2.64. The summed E-state index contributed by atoms with van der Waals surface area (Å²) in [5.41, 5.74) is 1.18. The third-order valence-electron chi connectivity index (χ3n) is 3.83. The van der Waals surface area contributed by atoms with Crippen LogP contribution >= 0.6 is 0 Å². The van der Waals surface area contributed by atoms with Gasteiger partial charge >= 0.3 is 0 Å². The highest BCUT2D eigenvalue weighted by Gasteiger charge is 2.35. The van der Waals surface area contributed by atoms with Crippen LogP contribution in [0.25, 0.3) is 0 Å². The fraction of sp³-hybridized carbons (Fsp3) is 0.571. The van der Waals surface area contributed by atoms with E-state index in [1.54, 1.807) is 0 Å². The lowest BCUT2D eigenvalue weighted by molar-refractivity contribution is -0.0367. The normalized spacial score (nSPS) is 24.4. The molecule has 1 heterocycles. The Bertz CT molecular complexity index is 371. The third kappa shape index (κ3) is 2.87. The quantitative estimate of drug-likeness (QED) is 0.894. The van der Waals surface area contributed by atoms with E-state index in [4.69, 9.17) is 0 Å². The van der Waals surface area contributed by atoms with Crippen molar-refractivity contribution in [3.8, 4) is 0 Å². The molecule has 0 bridgehead atoms. The summed E-state index contributed by atoms with van der Waals surface area (Å²) in [4.78, 5) is 2.16. The van der Waals surface area contributed by atoms with E-state index in [9.17, 15) is 13.9 Å². The number of likely N-dealkylation sites (tertiary alicyclic amines) is 1. The number of alkyl halides is 2. The van der Waals surface area contributed by atoms with Crippen LogP contribution < -0.4 is 0 Å². The Morgan fingerprint density at radius 2 is 1.94 bits per heavy atom. The van der Waals surface area contributed by atoms with Gasteiger partial charge in [-0.25, -0.2) is 8.78 Å². The van der Waals surface area contributed by atoms with Gasteiger partial charge in [0.05, 0.1) is 0 Å². The Morgan fingerprint density at radius 1 is 1.28 bits per heavy atom. The lowest BCUT2D eigenvalue weighted by atomic mass is 10.0. The van der Waals surface area contributed by atoms with Crippen molar-refractivity contribution in [3.05, 3.63) is 35.9 Å². The molecule has 3 atom stereocenters. The van der Waals surface area contributed by atoms with Crippen molar-refractivity contribution in [1.29, 1.82) is 0 Å². The molecule has 1 aromatic carbocycles. The predicted octanol–water partition coefficient (Wildman–Crippen LogP) is 2.70. The molecule has 0 radical (unpaired) electrons. The first-order valence-corrected chi connectivity index (χ1v) is 6.35. The van der Waals surface area contributed by atoms with Crippen LogP contribution in [0.15, 0.2) is 30.3 Å². The van der Waals surface area contributed by atoms with Crippen LogP contribution in [0.1, 0.15) is 24.9 Å². The molecule has 0 spiro atoms. The van der Waals surface area contributed by atoms with E-state index in [2.05, 4.69) is 11.8 Å². The van der Waals surface area contributed by atoms with Gasteiger partial charge in [-0.2, -0.15) is 0 Å². The minimum absolute atomic E-state index is 0.209. The molecule has 1 N–H and O–H groups in total. The standard InChI is InChI=1S/C14H19F2NO/c1-10(11-5-3-2-4-6-11)17-8-7-12(9-17)13(18)14(15)16/h2-6,10,12-14,18H,7-9H2,1H3/t10?,12-,13+/m1/s1. The average molecular weight is 255 g/mol. The summed E-state index contributed by atoms with van der Waals surface area (Å²) in [6, 6.07) is 10.2. The van der Waals surface area contributed by atoms with E-state index >= 15 is 0 Å². The van der Waals surface area contributed by atoms with Crippen molar-refractivity contribution in [3.63, 3.8) is 0 Å². The zero-order valence-electron chi connectivity index (χ0n) is 10.5. The van der Waals surface area contributed by atoms with Crippen LogP contribution in [-0.2, 0) is 0 Å². The third-order valence-corrected chi connectivity index (χ3v) is 3.83. The molecule has 2 nitrogen and oxygen atoms in total. The first kappa shape index (κ1) is 13.4. The average Bonchev–Trinajstić information content (AvgIpc) is 2.87. The minimum Gasteiger partial charge on any atom is -0.387 e. The van der Waals surface area contributed by atoms with Gasteiger partial charge in [-0.1, -0.05) is 30.3 Å². The molecule has 18 heavy (non-hydrogen) atoms. The number of rotatable bonds is 4. The lowest BCUT2D eigenvalue weighted by Gasteiger charge is -2.25. The topological polar surface area (TPSA) is 23.5 Å². The molecule has 1 fully saturated rings. The first-order chi connectivity index (χ1) is 8.59. The molecule has 1 saturated heterocycles. The highest BCUT2D eigenvalue weighted by atomic mass is 19.3. The maximum Gasteiger partial charge on any atom is 0.264 e. The second kappa shape index (κ2) is 5.76. The van der Waals surface area contributed by atoms with Crippen LogP contribution in [0.5, 0.6) is 0 Å². The van der Waals surface area contributed by atoms with Crippen molar-refractivity contribution in [1.82, 2.24) is 4.90 Å². The Labute approximate surface area is 106 Å². The van der Waals surface area contributed by atoms with Gasteiger partial charge in [0, 0.05) is 18.5 Å². The van der Waals surface area contributed by atoms with Gasteiger partial charge in [0.25, 0.3) is 6.43 Å². The van der Waals surface area contributed by atoms with Crippen molar-refractivity contribution in [2.75, 3.05) is 13.1 Å². The molecule has 0 saturated carbocycles. The monoisotopic (exact) mass is 255 g/mol. The molecule has 1 unspecified atom stereocenters. The van der Waals surface area contributed by atoms with Crippen molar-refractivity contribution < 1.29 is 13.9 Å². The van der Waals surface area contributed by atoms with E-state index in [1.165, 1.54) is 5.56 Å². The lowest BCUT2D eigenvalue weighted by Crippen LogP contribution is -2.31. The van der Waals surface area contributed by atoms with Gasteiger partial charge in [-0.05, 0) is 25.5 Å². The molecule has 1 aliphatic rings. The Morgan fingerprint density at radius 3 is 2.56 bits per heavy atom. The van der Waals surface area contributed by atoms with E-state index < -0.39 is 12.5 Å². The van der Waals surface area contributed by atoms with Crippen molar-refractivity contribution in [2.24, 2.45) is 5.92 Å². The van der Waals surface area contributed by atoms with Crippen molar-refractivity contribution >= 4 is 0 Å². The van der Waals surface area contributed by atoms with Gasteiger partial charge < -0.3 is 5.11 Å². The predicted molar refractivity (Wildman–Crippen MR) is 66.5 cm³/mol. The largest absolute Gasteiger partial charge is 0.387 e. The van der Waals surface area contributed by atoms with Crippen molar-refractivity contribution in [2.45, 2.75) is 31.9 Å². The van der Waals surface area contributed by atoms with Crippen LogP contribution in [0.2, 0.25) is 0 Å². The van der Waals surface area contributed by atoms with Crippen LogP contribution in [-0.4, -0.2) is 35.6 Å². The number of aliphatic hydroxyl groups excluding tert-OH is 1. The first-order valence-electron chi connectivity index (χ1n) is 6.35. The van der Waals surface area contributed by atoms with Crippen LogP contribution in [0, 0.1) is 5.92 Å². The smallest absolute Gasteiger partial charge is 0.264 e. The summed E-state index contributed by atoms with van der Waals surface area (Å²) < 4.78 is 24.9. The number of halogens is 2. The van der Waals surface area contributed by atoms with Crippen LogP contribution in [0.3, 0.4) is 0 Å². The summed E-state index contributed by atoms with van der Waals surface area (Å²) in [6.45, 7) is 3.39. The van der Waals surface area contributed by atoms with E-state index in [-0.39, 0.29) is 12.0 Å². The van der Waals surface area contributed by atoms with Gasteiger partial charge in [0.1, 0.15) is 6.10 Å². The zero-order chi connectivity index (χ0) is 13.1. The number of hydrogen-bond acceptors (Lipinski definition) is 2. The molecule has 0 aliphatic carbocycles. The van der Waals surface area contributed by atoms with Gasteiger partial charge in [0.2, 0.25) is 0 Å². The van der Waals surface area contributed by atoms with E-state index in [0.29, 0.717) is 13.0 Å². The highest BCUT2D eigenvalue weighted by Crippen LogP contribution is 2.30. The number of hydrogen-bond donors (Lipinski definition) is 1. The fourth-order valence-electron chi connectivity index (χ4n) is 2.59. The molecular weight excluding hydrogens is 236 g/mol. The Kier molecular flexibility index (Phi) is 4.30. The summed E-state index contributed by atoms with van der Waals surface area (Å²) in [5, 5.41) is 9.42. The number of benzene rings is 1. The summed E-state index contributed by atoms with van der Waals surface area (Å²) >= 11 is 0. The van der Waals surface area contributed by atoms with E-state index in [0.717, 1.165) is 6.54 Å². The summed E-state index contributed by atoms with van der Waals surface area (Å²) in [6.07, 6.45) is -3.48. The molecule has 2 rings (SSSR count). The van der Waals surface area contributed by atoms with Gasteiger partial charge in [-0.3, -0.25) is 4.90 Å². The Hall–Kier alpha value is -1.00. The molecule has 0 amide bonds. The molecule has 4 heteroatoms. The number of aliphatic hydroxyl groups is 1. The zero-order valence-corrected chi connectivity index (χ0v) is 10.5. The molecule has 100 valence electrons. The van der Waals surface area contributed by atoms with Crippen LogP contribution in [0.4, 0.5) is 8.78 Å². The summed E-state index contributed by atoms with van der Waals surface area (Å²) in [5.74, 6) is -0.309. The number of nitrogens with zero attached hydrogens (tertiary/aromatic N) is 1. The Balaban J connectivity index is 1.97. The fourth-order valence-corrected chi connectivity index (χ4v) is 2.59. The van der Waals surface area contributed by atoms with Gasteiger partial charge in [-0.15, -0.1) is 0 Å². The van der Waals surface area contributed by atoms with Gasteiger partial charge in [0.15, 0.2) is 0 Å². The SMILES string of the molecule is CC(c1ccccc1)N1CC[C@@H]([C@H](O)C(F)F)C1.